The van der Waals surface area contributed by atoms with Crippen LogP contribution in [-0.2, 0) is 4.79 Å². The van der Waals surface area contributed by atoms with E-state index in [0.717, 1.165) is 25.8 Å². The van der Waals surface area contributed by atoms with E-state index in [-0.39, 0.29) is 11.9 Å². The van der Waals surface area contributed by atoms with Gasteiger partial charge in [-0.15, -0.1) is 0 Å². The van der Waals surface area contributed by atoms with E-state index in [4.69, 9.17) is 11.5 Å². The fourth-order valence-electron chi connectivity index (χ4n) is 2.65. The van der Waals surface area contributed by atoms with Crippen LogP contribution in [0.2, 0.25) is 0 Å². The predicted molar refractivity (Wildman–Crippen MR) is 54.5 cm³/mol. The molecule has 0 spiro atoms. The molecule has 1 aliphatic heterocycles. The van der Waals surface area contributed by atoms with Crippen LogP contribution >= 0.6 is 0 Å². The fraction of sp³-hybridized carbons (Fsp3) is 0.900. The van der Waals surface area contributed by atoms with Crippen molar-refractivity contribution in [2.75, 3.05) is 6.54 Å². The maximum absolute atomic E-state index is 11.1. The minimum Gasteiger partial charge on any atom is -0.368 e. The minimum absolute atomic E-state index is 0.00898. The van der Waals surface area contributed by atoms with Gasteiger partial charge in [0.1, 0.15) is 0 Å². The number of carbonyl (C=O) groups is 1. The Labute approximate surface area is 84.6 Å². The molecular weight excluding hydrogens is 178 g/mol. The van der Waals surface area contributed by atoms with Crippen LogP contribution in [0.25, 0.3) is 0 Å². The van der Waals surface area contributed by atoms with Crippen LogP contribution in [0.1, 0.15) is 32.1 Å². The van der Waals surface area contributed by atoms with Gasteiger partial charge >= 0.3 is 0 Å². The first-order valence-corrected chi connectivity index (χ1v) is 5.49. The molecule has 4 heteroatoms. The summed E-state index contributed by atoms with van der Waals surface area (Å²) in [4.78, 5) is 13.3. The second kappa shape index (κ2) is 3.87. The van der Waals surface area contributed by atoms with Crippen molar-refractivity contribution >= 4 is 5.91 Å². The third kappa shape index (κ3) is 1.77. The summed E-state index contributed by atoms with van der Waals surface area (Å²) in [6.45, 7) is 1.02. The number of likely N-dealkylation sites (tertiary alicyclic amines) is 1. The van der Waals surface area contributed by atoms with Gasteiger partial charge in [-0.25, -0.2) is 0 Å². The molecule has 4 N–H and O–H groups in total. The fourth-order valence-corrected chi connectivity index (χ4v) is 2.65. The topological polar surface area (TPSA) is 72.4 Å². The number of amides is 1. The van der Waals surface area contributed by atoms with Crippen molar-refractivity contribution in [3.63, 3.8) is 0 Å². The van der Waals surface area contributed by atoms with E-state index in [0.29, 0.717) is 12.1 Å². The maximum Gasteiger partial charge on any atom is 0.234 e. The Hall–Kier alpha value is -0.610. The van der Waals surface area contributed by atoms with Crippen LogP contribution < -0.4 is 11.5 Å². The van der Waals surface area contributed by atoms with Gasteiger partial charge in [0.05, 0.1) is 6.04 Å². The number of hydrogen-bond donors (Lipinski definition) is 2. The van der Waals surface area contributed by atoms with E-state index in [2.05, 4.69) is 4.90 Å². The minimum atomic E-state index is -0.171. The largest absolute Gasteiger partial charge is 0.368 e. The van der Waals surface area contributed by atoms with E-state index < -0.39 is 0 Å². The van der Waals surface area contributed by atoms with Gasteiger partial charge < -0.3 is 11.5 Å². The third-order valence-electron chi connectivity index (χ3n) is 3.55. The van der Waals surface area contributed by atoms with Gasteiger partial charge in [0.25, 0.3) is 0 Å². The highest BCUT2D eigenvalue weighted by molar-refractivity contribution is 5.80. The van der Waals surface area contributed by atoms with Crippen molar-refractivity contribution in [1.29, 1.82) is 0 Å². The summed E-state index contributed by atoms with van der Waals surface area (Å²) < 4.78 is 0. The molecule has 2 fully saturated rings. The van der Waals surface area contributed by atoms with Crippen LogP contribution in [0.15, 0.2) is 0 Å². The smallest absolute Gasteiger partial charge is 0.234 e. The quantitative estimate of drug-likeness (QED) is 0.645. The zero-order valence-corrected chi connectivity index (χ0v) is 8.48. The van der Waals surface area contributed by atoms with Gasteiger partial charge in [-0.05, 0) is 25.7 Å². The molecule has 0 bridgehead atoms. The second-order valence-electron chi connectivity index (χ2n) is 4.53. The highest BCUT2D eigenvalue weighted by Crippen LogP contribution is 2.29. The van der Waals surface area contributed by atoms with Gasteiger partial charge in [-0.3, -0.25) is 9.69 Å². The molecule has 2 aliphatic rings. The molecule has 1 saturated carbocycles. The summed E-state index contributed by atoms with van der Waals surface area (Å²) in [5.74, 6) is -0.171. The van der Waals surface area contributed by atoms with E-state index in [9.17, 15) is 4.79 Å². The summed E-state index contributed by atoms with van der Waals surface area (Å²) in [6.07, 6.45) is 5.46. The summed E-state index contributed by atoms with van der Waals surface area (Å²) in [7, 11) is 0. The summed E-state index contributed by atoms with van der Waals surface area (Å²) in [5.41, 5.74) is 11.2. The summed E-state index contributed by atoms with van der Waals surface area (Å²) in [6, 6.07) is 0.818. The summed E-state index contributed by atoms with van der Waals surface area (Å²) >= 11 is 0. The molecule has 3 atom stereocenters. The second-order valence-corrected chi connectivity index (χ2v) is 4.53. The molecule has 1 heterocycles. The third-order valence-corrected chi connectivity index (χ3v) is 3.55. The van der Waals surface area contributed by atoms with Crippen molar-refractivity contribution in [1.82, 2.24) is 4.90 Å². The first kappa shape index (κ1) is 9.93. The molecule has 0 aromatic heterocycles. The molecule has 1 saturated heterocycles. The van der Waals surface area contributed by atoms with Gasteiger partial charge in [-0.1, -0.05) is 6.42 Å². The van der Waals surface area contributed by atoms with E-state index in [1.807, 2.05) is 0 Å². The van der Waals surface area contributed by atoms with E-state index >= 15 is 0 Å². The average Bonchev–Trinajstić information content (AvgIpc) is 2.00. The Morgan fingerprint density at radius 1 is 1.29 bits per heavy atom. The normalized spacial score (nSPS) is 39.1. The predicted octanol–water partition coefficient (Wildman–Crippen LogP) is -0.184. The molecule has 80 valence electrons. The lowest BCUT2D eigenvalue weighted by atomic mass is 9.86. The van der Waals surface area contributed by atoms with Gasteiger partial charge in [0.15, 0.2) is 0 Å². The molecule has 1 amide bonds. The molecule has 0 aromatic rings. The highest BCUT2D eigenvalue weighted by Gasteiger charge is 2.38. The van der Waals surface area contributed by atoms with Crippen molar-refractivity contribution < 1.29 is 4.79 Å². The number of primary amides is 1. The standard InChI is InChI=1S/C10H19N3O/c11-7-2-1-3-8(6-7)13-5-4-9(13)10(12)14/h7-9H,1-6,11H2,(H2,12,14). The van der Waals surface area contributed by atoms with Crippen LogP contribution in [-0.4, -0.2) is 35.5 Å². The van der Waals surface area contributed by atoms with Crippen molar-refractivity contribution in [3.05, 3.63) is 0 Å². The van der Waals surface area contributed by atoms with E-state index in [1.54, 1.807) is 0 Å². The number of nitrogens with two attached hydrogens (primary N) is 2. The molecule has 3 unspecified atom stereocenters. The van der Waals surface area contributed by atoms with Crippen LogP contribution in [0, 0.1) is 0 Å². The maximum atomic E-state index is 11.1. The first-order chi connectivity index (χ1) is 6.68. The Morgan fingerprint density at radius 3 is 2.57 bits per heavy atom. The first-order valence-electron chi connectivity index (χ1n) is 5.49. The SMILES string of the molecule is NC(=O)C1CCN1C1CCCC(N)C1. The van der Waals surface area contributed by atoms with Crippen molar-refractivity contribution in [2.24, 2.45) is 11.5 Å². The number of nitrogens with zero attached hydrogens (tertiary/aromatic N) is 1. The van der Waals surface area contributed by atoms with E-state index in [1.165, 1.54) is 12.8 Å². The lowest BCUT2D eigenvalue weighted by Gasteiger charge is -2.46. The molecule has 2 rings (SSSR count). The lowest BCUT2D eigenvalue weighted by molar-refractivity contribution is -0.130. The zero-order chi connectivity index (χ0) is 10.1. The molecule has 1 aliphatic carbocycles. The zero-order valence-electron chi connectivity index (χ0n) is 8.48. The van der Waals surface area contributed by atoms with Crippen molar-refractivity contribution in [2.45, 2.75) is 50.2 Å². The highest BCUT2D eigenvalue weighted by atomic mass is 16.1. The molecule has 0 aromatic carbocycles. The van der Waals surface area contributed by atoms with Crippen LogP contribution in [0.5, 0.6) is 0 Å². The molecular formula is C10H19N3O. The molecule has 14 heavy (non-hydrogen) atoms. The summed E-state index contributed by atoms with van der Waals surface area (Å²) in [5, 5.41) is 0. The van der Waals surface area contributed by atoms with Gasteiger partial charge in [0, 0.05) is 18.6 Å². The number of hydrogen-bond acceptors (Lipinski definition) is 3. The monoisotopic (exact) mass is 197 g/mol. The van der Waals surface area contributed by atoms with Gasteiger partial charge in [0.2, 0.25) is 5.91 Å². The van der Waals surface area contributed by atoms with Gasteiger partial charge in [-0.2, -0.15) is 0 Å². The average molecular weight is 197 g/mol. The molecule has 0 radical (unpaired) electrons. The van der Waals surface area contributed by atoms with Crippen molar-refractivity contribution in [3.8, 4) is 0 Å². The Balaban J connectivity index is 1.91. The lowest BCUT2D eigenvalue weighted by Crippen LogP contribution is -2.60. The van der Waals surface area contributed by atoms with Crippen LogP contribution in [0.3, 0.4) is 0 Å². The Bertz CT molecular complexity index is 231. The Kier molecular flexibility index (Phi) is 2.74. The Morgan fingerprint density at radius 2 is 2.07 bits per heavy atom. The van der Waals surface area contributed by atoms with Crippen LogP contribution in [0.4, 0.5) is 0 Å². The number of carbonyl (C=O) groups excluding carboxylic acids is 1. The molecule has 4 nitrogen and oxygen atoms in total. The number of rotatable bonds is 2.